The number of carbonyl (C=O) groups excluding carboxylic acids is 3. The molecule has 3 fully saturated rings. The highest BCUT2D eigenvalue weighted by molar-refractivity contribution is 8.03. The van der Waals surface area contributed by atoms with Crippen molar-refractivity contribution in [3.8, 4) is 0 Å². The third kappa shape index (κ3) is 4.88. The number of amides is 3. The maximum Gasteiger partial charge on any atom is 0.240 e. The summed E-state index contributed by atoms with van der Waals surface area (Å²) in [5.74, 6) is -0.554. The molecule has 6 N–H and O–H groups in total. The van der Waals surface area contributed by atoms with Crippen molar-refractivity contribution in [2.24, 2.45) is 17.6 Å². The summed E-state index contributed by atoms with van der Waals surface area (Å²) in [6.07, 6.45) is 0.783. The third-order valence-electron chi connectivity index (χ3n) is 7.75. The lowest BCUT2D eigenvalue weighted by Crippen LogP contribution is -2.62. The van der Waals surface area contributed by atoms with Crippen LogP contribution in [0.3, 0.4) is 0 Å². The van der Waals surface area contributed by atoms with Crippen LogP contribution in [0.25, 0.3) is 0 Å². The summed E-state index contributed by atoms with van der Waals surface area (Å²) in [4.78, 5) is 44.8. The van der Waals surface area contributed by atoms with E-state index >= 15 is 0 Å². The van der Waals surface area contributed by atoms with Crippen molar-refractivity contribution in [1.82, 2.24) is 25.3 Å². The number of thioether (sulfide) groups is 1. The number of guanidine groups is 1. The second-order valence-corrected chi connectivity index (χ2v) is 11.6. The fourth-order valence-electron chi connectivity index (χ4n) is 5.99. The van der Waals surface area contributed by atoms with E-state index in [1.165, 1.54) is 4.91 Å². The van der Waals surface area contributed by atoms with E-state index in [-0.39, 0.29) is 65.4 Å². The summed E-state index contributed by atoms with van der Waals surface area (Å²) in [5.41, 5.74) is 6.20. The maximum absolute atomic E-state index is 13.3. The van der Waals surface area contributed by atoms with Gasteiger partial charge in [-0.25, -0.2) is 0 Å². The van der Waals surface area contributed by atoms with E-state index in [9.17, 15) is 19.5 Å². The maximum atomic E-state index is 13.3. The second-order valence-electron chi connectivity index (χ2n) is 10.2. The molecule has 3 amide bonds. The van der Waals surface area contributed by atoms with Crippen molar-refractivity contribution < 1.29 is 19.5 Å². The van der Waals surface area contributed by atoms with Crippen molar-refractivity contribution >= 4 is 35.4 Å². The Morgan fingerprint density at radius 3 is 2.71 bits per heavy atom. The number of hydrogen-bond donors (Lipinski definition) is 5. The van der Waals surface area contributed by atoms with Crippen molar-refractivity contribution in [1.29, 1.82) is 5.41 Å². The first-order valence-electron chi connectivity index (χ1n) is 12.2. The highest BCUT2D eigenvalue weighted by atomic mass is 32.2. The van der Waals surface area contributed by atoms with Gasteiger partial charge in [0.1, 0.15) is 0 Å². The van der Waals surface area contributed by atoms with Crippen LogP contribution in [0.1, 0.15) is 33.6 Å². The Hall–Kier alpha value is -2.31. The van der Waals surface area contributed by atoms with Crippen molar-refractivity contribution in [3.05, 3.63) is 10.6 Å². The van der Waals surface area contributed by atoms with Crippen molar-refractivity contribution in [2.75, 3.05) is 33.2 Å². The number of allylic oxidation sites excluding steroid dienone is 1. The first kappa shape index (κ1) is 25.8. The van der Waals surface area contributed by atoms with E-state index in [4.69, 9.17) is 11.1 Å². The van der Waals surface area contributed by atoms with Crippen LogP contribution in [-0.4, -0.2) is 106 Å². The van der Waals surface area contributed by atoms with Gasteiger partial charge in [0.15, 0.2) is 5.96 Å². The minimum atomic E-state index is -0.651. The lowest BCUT2D eigenvalue weighted by molar-refractivity contribution is -0.159. The number of aliphatic hydroxyl groups is 1. The van der Waals surface area contributed by atoms with Crippen LogP contribution in [0.5, 0.6) is 0 Å². The normalized spacial score (nSPS) is 33.6. The number of rotatable bonds is 7. The number of hydrogen-bond acceptors (Lipinski definition) is 7. The van der Waals surface area contributed by atoms with Gasteiger partial charge in [-0.15, -0.1) is 11.8 Å². The number of likely N-dealkylation sites (N-methyl/N-ethyl adjacent to an activating group) is 1. The lowest BCUT2D eigenvalue weighted by atomic mass is 9.79. The number of nitrogens with one attached hydrogen (secondary N) is 3. The number of carbonyl (C=O) groups is 3. The van der Waals surface area contributed by atoms with Crippen LogP contribution in [0.15, 0.2) is 10.6 Å². The molecule has 1 unspecified atom stereocenters. The highest BCUT2D eigenvalue weighted by Crippen LogP contribution is 2.51. The van der Waals surface area contributed by atoms with E-state index in [2.05, 4.69) is 22.5 Å². The molecular formula is C23H37N7O4S. The molecule has 194 valence electrons. The van der Waals surface area contributed by atoms with Crippen LogP contribution in [0.4, 0.5) is 0 Å². The zero-order chi connectivity index (χ0) is 25.6. The molecule has 35 heavy (non-hydrogen) atoms. The molecule has 0 aliphatic carbocycles. The SMILES string of the molecule is CC1=C(S[C@H]2CC(C(=O)N3CC[C@H](NC(=O)CNC(=N)N)C3)N(C)C2)[C@H](C)[C@H]2[C@@H]([C@@H](C)O)C(=O)N12. The Morgan fingerprint density at radius 2 is 2.06 bits per heavy atom. The van der Waals surface area contributed by atoms with Crippen LogP contribution in [-0.2, 0) is 14.4 Å². The number of fused-ring (bicyclic) bond motifs is 1. The molecule has 4 heterocycles. The number of aliphatic hydroxyl groups excluding tert-OH is 1. The van der Waals surface area contributed by atoms with Gasteiger partial charge in [0.2, 0.25) is 17.7 Å². The van der Waals surface area contributed by atoms with Crippen LogP contribution >= 0.6 is 11.8 Å². The molecule has 12 heteroatoms. The Labute approximate surface area is 210 Å². The van der Waals surface area contributed by atoms with E-state index in [0.717, 1.165) is 18.7 Å². The predicted molar refractivity (Wildman–Crippen MR) is 133 cm³/mol. The summed E-state index contributed by atoms with van der Waals surface area (Å²) >= 11 is 1.78. The van der Waals surface area contributed by atoms with Gasteiger partial charge < -0.3 is 31.3 Å². The number of nitrogens with zero attached hydrogens (tertiary/aromatic N) is 3. The minimum Gasteiger partial charge on any atom is -0.393 e. The summed E-state index contributed by atoms with van der Waals surface area (Å²) < 4.78 is 0. The van der Waals surface area contributed by atoms with Crippen LogP contribution in [0.2, 0.25) is 0 Å². The monoisotopic (exact) mass is 507 g/mol. The Morgan fingerprint density at radius 1 is 1.34 bits per heavy atom. The molecule has 4 aliphatic rings. The average molecular weight is 508 g/mol. The molecule has 3 saturated heterocycles. The summed E-state index contributed by atoms with van der Waals surface area (Å²) in [5, 5.41) is 22.8. The molecule has 0 spiro atoms. The molecule has 0 saturated carbocycles. The molecule has 0 aromatic rings. The molecule has 0 radical (unpaired) electrons. The van der Waals surface area contributed by atoms with Crippen molar-refractivity contribution in [3.63, 3.8) is 0 Å². The lowest BCUT2D eigenvalue weighted by Gasteiger charge is -2.46. The Kier molecular flexibility index (Phi) is 7.35. The first-order chi connectivity index (χ1) is 16.5. The van der Waals surface area contributed by atoms with Gasteiger partial charge in [-0.05, 0) is 33.7 Å². The Bertz CT molecular complexity index is 941. The molecule has 7 atom stereocenters. The summed E-state index contributed by atoms with van der Waals surface area (Å²) in [6.45, 7) is 7.62. The van der Waals surface area contributed by atoms with E-state index in [1.807, 2.05) is 23.8 Å². The van der Waals surface area contributed by atoms with Crippen LogP contribution < -0.4 is 16.4 Å². The van der Waals surface area contributed by atoms with E-state index < -0.39 is 6.10 Å². The molecule has 0 aromatic heterocycles. The molecular weight excluding hydrogens is 470 g/mol. The minimum absolute atomic E-state index is 0.00861. The summed E-state index contributed by atoms with van der Waals surface area (Å²) in [6, 6.07) is -0.278. The molecule has 11 nitrogen and oxygen atoms in total. The largest absolute Gasteiger partial charge is 0.393 e. The van der Waals surface area contributed by atoms with Gasteiger partial charge in [0.25, 0.3) is 0 Å². The Balaban J connectivity index is 1.31. The summed E-state index contributed by atoms with van der Waals surface area (Å²) in [7, 11) is 1.98. The van der Waals surface area contributed by atoms with Gasteiger partial charge in [-0.3, -0.25) is 24.7 Å². The van der Waals surface area contributed by atoms with Gasteiger partial charge in [-0.1, -0.05) is 6.92 Å². The fourth-order valence-corrected chi connectivity index (χ4v) is 7.56. The predicted octanol–water partition coefficient (Wildman–Crippen LogP) is -0.919. The number of likely N-dealkylation sites (tertiary alicyclic amines) is 2. The van der Waals surface area contributed by atoms with Gasteiger partial charge in [-0.2, -0.15) is 0 Å². The molecule has 4 aliphatic heterocycles. The zero-order valence-electron chi connectivity index (χ0n) is 20.8. The number of β-lactam (4-membered cyclic amide) rings is 1. The molecule has 0 aromatic carbocycles. The van der Waals surface area contributed by atoms with E-state index in [1.54, 1.807) is 18.7 Å². The topological polar surface area (TPSA) is 155 Å². The first-order valence-corrected chi connectivity index (χ1v) is 13.1. The van der Waals surface area contributed by atoms with Gasteiger partial charge in [0, 0.05) is 47.4 Å². The van der Waals surface area contributed by atoms with E-state index in [0.29, 0.717) is 19.5 Å². The van der Waals surface area contributed by atoms with Crippen molar-refractivity contribution in [2.45, 2.75) is 63.1 Å². The standard InChI is InChI=1S/C23H37N7O4S/c1-11-19-18(13(3)31)22(34)30(19)12(2)20(11)35-15-7-16(28(4)10-15)21(33)29-6-5-14(9-29)27-17(32)8-26-23(24)25/h11,13-16,18-19,31H,5-10H2,1-4H3,(H,27,32)(H4,24,25,26)/t11-,13-,14+,15+,16?,18-,19+/m1/s1. The quantitative estimate of drug-likeness (QED) is 0.168. The molecule has 0 bridgehead atoms. The second kappa shape index (κ2) is 9.98. The highest BCUT2D eigenvalue weighted by Gasteiger charge is 2.57. The number of nitrogens with two attached hydrogens (primary N) is 1. The molecule has 4 rings (SSSR count). The smallest absolute Gasteiger partial charge is 0.240 e. The third-order valence-corrected chi connectivity index (χ3v) is 9.34. The average Bonchev–Trinajstić information content (AvgIpc) is 3.43. The zero-order valence-corrected chi connectivity index (χ0v) is 21.6. The van der Waals surface area contributed by atoms with Gasteiger partial charge in [0.05, 0.1) is 30.7 Å². The van der Waals surface area contributed by atoms with Gasteiger partial charge >= 0.3 is 0 Å². The fraction of sp³-hybridized carbons (Fsp3) is 0.739. The van der Waals surface area contributed by atoms with Crippen LogP contribution in [0, 0.1) is 17.2 Å².